The summed E-state index contributed by atoms with van der Waals surface area (Å²) in [6.45, 7) is 9.16. The Morgan fingerprint density at radius 3 is 2.38 bits per heavy atom. The molecule has 0 saturated carbocycles. The summed E-state index contributed by atoms with van der Waals surface area (Å²) < 4.78 is 34.9. The first kappa shape index (κ1) is 22.9. The number of morpholine rings is 1. The number of aryl methyl sites for hydroxylation is 2. The molecule has 4 rings (SSSR count). The predicted molar refractivity (Wildman–Crippen MR) is 129 cm³/mol. The number of nitrogens with zero attached hydrogens (tertiary/aromatic N) is 2. The summed E-state index contributed by atoms with van der Waals surface area (Å²) in [6.07, 6.45) is 0.787. The standard InChI is InChI=1S/C26H32N2O3S/c1-21-17-22(2)19-23(18-21)20-28(12-6-11-27-13-15-31-16-14-27)32(29,30)26-10-5-8-24-7-3-4-9-25(24)26/h3-5,7-10,17-19H,6,11-16,20H2,1-2H3. The third kappa shape index (κ3) is 5.38. The van der Waals surface area contributed by atoms with Gasteiger partial charge in [-0.3, -0.25) is 4.90 Å². The first-order chi connectivity index (χ1) is 15.4. The van der Waals surface area contributed by atoms with Crippen molar-refractivity contribution in [2.75, 3.05) is 39.4 Å². The van der Waals surface area contributed by atoms with E-state index in [4.69, 9.17) is 4.74 Å². The number of ether oxygens (including phenoxy) is 1. The highest BCUT2D eigenvalue weighted by Crippen LogP contribution is 2.27. The highest BCUT2D eigenvalue weighted by Gasteiger charge is 2.26. The van der Waals surface area contributed by atoms with Crippen LogP contribution in [0.15, 0.2) is 65.6 Å². The molecule has 1 heterocycles. The number of sulfonamides is 1. The fourth-order valence-electron chi connectivity index (χ4n) is 4.50. The molecule has 0 aromatic heterocycles. The van der Waals surface area contributed by atoms with E-state index in [1.807, 2.05) is 36.4 Å². The van der Waals surface area contributed by atoms with Gasteiger partial charge in [-0.1, -0.05) is 65.7 Å². The highest BCUT2D eigenvalue weighted by molar-refractivity contribution is 7.89. The van der Waals surface area contributed by atoms with Gasteiger partial charge < -0.3 is 4.74 Å². The molecule has 1 fully saturated rings. The van der Waals surface area contributed by atoms with Crippen LogP contribution in [0.2, 0.25) is 0 Å². The van der Waals surface area contributed by atoms with Crippen molar-refractivity contribution in [3.05, 3.63) is 77.4 Å². The van der Waals surface area contributed by atoms with Gasteiger partial charge in [0, 0.05) is 31.6 Å². The van der Waals surface area contributed by atoms with Crippen LogP contribution in [0.3, 0.4) is 0 Å². The van der Waals surface area contributed by atoms with Crippen molar-refractivity contribution in [3.63, 3.8) is 0 Å². The van der Waals surface area contributed by atoms with E-state index in [-0.39, 0.29) is 0 Å². The van der Waals surface area contributed by atoms with Crippen molar-refractivity contribution in [1.29, 1.82) is 0 Å². The summed E-state index contributed by atoms with van der Waals surface area (Å²) in [6, 6.07) is 19.5. The van der Waals surface area contributed by atoms with E-state index in [0.717, 1.165) is 66.7 Å². The Morgan fingerprint density at radius 1 is 0.938 bits per heavy atom. The lowest BCUT2D eigenvalue weighted by molar-refractivity contribution is 0.0368. The van der Waals surface area contributed by atoms with Crippen molar-refractivity contribution in [2.45, 2.75) is 31.7 Å². The molecule has 0 atom stereocenters. The summed E-state index contributed by atoms with van der Waals surface area (Å²) in [5.41, 5.74) is 3.32. The third-order valence-electron chi connectivity index (χ3n) is 5.99. The van der Waals surface area contributed by atoms with E-state index >= 15 is 0 Å². The zero-order chi connectivity index (χ0) is 22.6. The molecule has 6 heteroatoms. The van der Waals surface area contributed by atoms with Crippen molar-refractivity contribution in [1.82, 2.24) is 9.21 Å². The van der Waals surface area contributed by atoms with E-state index in [1.165, 1.54) is 0 Å². The van der Waals surface area contributed by atoms with Crippen LogP contribution in [0.4, 0.5) is 0 Å². The topological polar surface area (TPSA) is 49.9 Å². The second-order valence-corrected chi connectivity index (χ2v) is 10.5. The van der Waals surface area contributed by atoms with Gasteiger partial charge in [-0.25, -0.2) is 8.42 Å². The molecule has 0 unspecified atom stereocenters. The van der Waals surface area contributed by atoms with Crippen LogP contribution in [0, 0.1) is 13.8 Å². The maximum Gasteiger partial charge on any atom is 0.243 e. The molecule has 0 radical (unpaired) electrons. The molecule has 32 heavy (non-hydrogen) atoms. The Labute approximate surface area is 191 Å². The molecule has 3 aromatic rings. The number of hydrogen-bond donors (Lipinski definition) is 0. The molecule has 1 aliphatic rings. The lowest BCUT2D eigenvalue weighted by atomic mass is 10.1. The zero-order valence-corrected chi connectivity index (χ0v) is 19.8. The third-order valence-corrected chi connectivity index (χ3v) is 7.90. The predicted octanol–water partition coefficient (Wildman–Crippen LogP) is 4.37. The molecule has 0 spiro atoms. The van der Waals surface area contributed by atoms with Crippen molar-refractivity contribution < 1.29 is 13.2 Å². The summed E-state index contributed by atoms with van der Waals surface area (Å²) in [5, 5.41) is 1.71. The fourth-order valence-corrected chi connectivity index (χ4v) is 6.18. The van der Waals surface area contributed by atoms with E-state index in [1.54, 1.807) is 10.4 Å². The van der Waals surface area contributed by atoms with Gasteiger partial charge in [0.15, 0.2) is 0 Å². The Balaban J connectivity index is 1.63. The molecule has 0 N–H and O–H groups in total. The Morgan fingerprint density at radius 2 is 1.62 bits per heavy atom. The van der Waals surface area contributed by atoms with Crippen LogP contribution < -0.4 is 0 Å². The van der Waals surface area contributed by atoms with Crippen LogP contribution >= 0.6 is 0 Å². The van der Waals surface area contributed by atoms with Crippen LogP contribution in [-0.4, -0.2) is 57.0 Å². The number of hydrogen-bond acceptors (Lipinski definition) is 4. The smallest absolute Gasteiger partial charge is 0.243 e. The van der Waals surface area contributed by atoms with Gasteiger partial charge in [-0.2, -0.15) is 4.31 Å². The molecule has 0 bridgehead atoms. The first-order valence-corrected chi connectivity index (χ1v) is 12.7. The minimum absolute atomic E-state index is 0.372. The van der Waals surface area contributed by atoms with Gasteiger partial charge in [-0.15, -0.1) is 0 Å². The van der Waals surface area contributed by atoms with E-state index in [2.05, 4.69) is 36.9 Å². The van der Waals surface area contributed by atoms with Crippen molar-refractivity contribution >= 4 is 20.8 Å². The monoisotopic (exact) mass is 452 g/mol. The Bertz CT molecular complexity index is 1150. The molecular weight excluding hydrogens is 420 g/mol. The molecule has 3 aromatic carbocycles. The molecular formula is C26H32N2O3S. The van der Waals surface area contributed by atoms with Gasteiger partial charge in [0.2, 0.25) is 10.0 Å². The molecule has 0 aliphatic carbocycles. The zero-order valence-electron chi connectivity index (χ0n) is 19.0. The normalized spacial score (nSPS) is 15.5. The highest BCUT2D eigenvalue weighted by atomic mass is 32.2. The molecule has 1 saturated heterocycles. The minimum atomic E-state index is -3.66. The van der Waals surface area contributed by atoms with Crippen LogP contribution in [0.1, 0.15) is 23.1 Å². The Kier molecular flexibility index (Phi) is 7.26. The number of fused-ring (bicyclic) bond motifs is 1. The van der Waals surface area contributed by atoms with Gasteiger partial charge in [0.25, 0.3) is 0 Å². The lowest BCUT2D eigenvalue weighted by Gasteiger charge is -2.28. The van der Waals surface area contributed by atoms with Gasteiger partial charge in [0.1, 0.15) is 0 Å². The first-order valence-electron chi connectivity index (χ1n) is 11.3. The average Bonchev–Trinajstić information content (AvgIpc) is 2.78. The van der Waals surface area contributed by atoms with Crippen molar-refractivity contribution in [3.8, 4) is 0 Å². The van der Waals surface area contributed by atoms with Gasteiger partial charge in [0.05, 0.1) is 18.1 Å². The second kappa shape index (κ2) is 10.1. The summed E-state index contributed by atoms with van der Waals surface area (Å²) in [7, 11) is -3.66. The van der Waals surface area contributed by atoms with Crippen LogP contribution in [-0.2, 0) is 21.3 Å². The van der Waals surface area contributed by atoms with Crippen LogP contribution in [0.25, 0.3) is 10.8 Å². The maximum atomic E-state index is 13.9. The van der Waals surface area contributed by atoms with E-state index < -0.39 is 10.0 Å². The molecule has 170 valence electrons. The largest absolute Gasteiger partial charge is 0.379 e. The summed E-state index contributed by atoms with van der Waals surface area (Å²) in [4.78, 5) is 2.73. The maximum absolute atomic E-state index is 13.9. The van der Waals surface area contributed by atoms with Crippen molar-refractivity contribution in [2.24, 2.45) is 0 Å². The number of benzene rings is 3. The van der Waals surface area contributed by atoms with E-state index in [9.17, 15) is 8.42 Å². The number of rotatable bonds is 8. The second-order valence-electron chi connectivity index (χ2n) is 8.62. The SMILES string of the molecule is Cc1cc(C)cc(CN(CCCN2CCOCC2)S(=O)(=O)c2cccc3ccccc23)c1. The fraction of sp³-hybridized carbons (Fsp3) is 0.385. The molecule has 0 amide bonds. The Hall–Kier alpha value is -2.25. The van der Waals surface area contributed by atoms with E-state index in [0.29, 0.717) is 18.0 Å². The van der Waals surface area contributed by atoms with Gasteiger partial charge >= 0.3 is 0 Å². The summed E-state index contributed by atoms with van der Waals surface area (Å²) in [5.74, 6) is 0. The van der Waals surface area contributed by atoms with Gasteiger partial charge in [-0.05, 0) is 43.8 Å². The average molecular weight is 453 g/mol. The quantitative estimate of drug-likeness (QED) is 0.509. The lowest BCUT2D eigenvalue weighted by Crippen LogP contribution is -2.39. The molecule has 5 nitrogen and oxygen atoms in total. The molecule has 1 aliphatic heterocycles. The van der Waals surface area contributed by atoms with Crippen LogP contribution in [0.5, 0.6) is 0 Å². The summed E-state index contributed by atoms with van der Waals surface area (Å²) >= 11 is 0. The minimum Gasteiger partial charge on any atom is -0.379 e.